The van der Waals surface area contributed by atoms with Gasteiger partial charge in [-0.3, -0.25) is 9.78 Å². The van der Waals surface area contributed by atoms with E-state index in [1.807, 2.05) is 36.4 Å². The van der Waals surface area contributed by atoms with E-state index in [-0.39, 0.29) is 11.6 Å². The average Bonchev–Trinajstić information content (AvgIpc) is 3.08. The highest BCUT2D eigenvalue weighted by Gasteiger charge is 2.17. The molecule has 2 N–H and O–H groups in total. The number of para-hydroxylation sites is 1. The summed E-state index contributed by atoms with van der Waals surface area (Å²) in [6, 6.07) is 19.9. The first-order chi connectivity index (χ1) is 12.7. The van der Waals surface area contributed by atoms with Crippen molar-refractivity contribution in [1.82, 2.24) is 9.97 Å². The predicted molar refractivity (Wildman–Crippen MR) is 108 cm³/mol. The molecule has 0 saturated heterocycles. The second-order valence-electron chi connectivity index (χ2n) is 6.29. The van der Waals surface area contributed by atoms with Gasteiger partial charge >= 0.3 is 0 Å². The molecule has 2 aromatic carbocycles. The number of hydrogen-bond donors (Lipinski definition) is 2. The Morgan fingerprint density at radius 2 is 1.85 bits per heavy atom. The van der Waals surface area contributed by atoms with Gasteiger partial charge in [-0.1, -0.05) is 42.5 Å². The highest BCUT2D eigenvalue weighted by atomic mass is 32.1. The zero-order valence-corrected chi connectivity index (χ0v) is 15.2. The normalized spacial score (nSPS) is 12.2. The minimum Gasteiger partial charge on any atom is -0.348 e. The number of rotatable bonds is 5. The minimum absolute atomic E-state index is 0.0433. The summed E-state index contributed by atoms with van der Waals surface area (Å²) in [5, 5.41) is 6.15. The summed E-state index contributed by atoms with van der Waals surface area (Å²) in [5.74, 6) is 0.502. The Morgan fingerprint density at radius 3 is 2.62 bits per heavy atom. The zero-order chi connectivity index (χ0) is 17.9. The quantitative estimate of drug-likeness (QED) is 0.542. The van der Waals surface area contributed by atoms with Gasteiger partial charge in [0.1, 0.15) is 0 Å². The van der Waals surface area contributed by atoms with Crippen molar-refractivity contribution in [3.8, 4) is 0 Å². The van der Waals surface area contributed by atoms with Crippen LogP contribution in [0.15, 0.2) is 70.8 Å². The summed E-state index contributed by atoms with van der Waals surface area (Å²) in [6.07, 6.45) is 0.818. The lowest BCUT2D eigenvalue weighted by Crippen LogP contribution is -2.19. The van der Waals surface area contributed by atoms with E-state index in [0.717, 1.165) is 6.42 Å². The van der Waals surface area contributed by atoms with Crippen LogP contribution in [0, 0.1) is 6.92 Å². The molecule has 4 rings (SSSR count). The number of benzene rings is 2. The van der Waals surface area contributed by atoms with Crippen LogP contribution in [0.4, 0.5) is 5.95 Å². The Kier molecular flexibility index (Phi) is 4.54. The largest absolute Gasteiger partial charge is 0.348 e. The highest BCUT2D eigenvalue weighted by molar-refractivity contribution is 7.10. The van der Waals surface area contributed by atoms with Crippen molar-refractivity contribution in [3.05, 3.63) is 92.4 Å². The smallest absolute Gasteiger partial charge is 0.260 e. The molecule has 0 radical (unpaired) electrons. The molecule has 26 heavy (non-hydrogen) atoms. The summed E-state index contributed by atoms with van der Waals surface area (Å²) in [5.41, 5.74) is 3.05. The van der Waals surface area contributed by atoms with Crippen LogP contribution >= 0.6 is 11.3 Å². The second kappa shape index (κ2) is 7.14. The van der Waals surface area contributed by atoms with E-state index in [2.05, 4.69) is 45.8 Å². The fourth-order valence-corrected chi connectivity index (χ4v) is 4.10. The molecular weight excluding hydrogens is 342 g/mol. The van der Waals surface area contributed by atoms with Gasteiger partial charge in [0.15, 0.2) is 0 Å². The zero-order valence-electron chi connectivity index (χ0n) is 14.4. The van der Waals surface area contributed by atoms with Gasteiger partial charge in [0.25, 0.3) is 5.56 Å². The number of aromatic nitrogens is 2. The van der Waals surface area contributed by atoms with Gasteiger partial charge in [0.05, 0.1) is 16.9 Å². The maximum atomic E-state index is 12.4. The van der Waals surface area contributed by atoms with E-state index in [1.54, 1.807) is 17.4 Å². The van der Waals surface area contributed by atoms with E-state index >= 15 is 0 Å². The van der Waals surface area contributed by atoms with Crippen molar-refractivity contribution < 1.29 is 0 Å². The maximum Gasteiger partial charge on any atom is 0.260 e. The molecule has 0 spiro atoms. The molecule has 0 bridgehead atoms. The van der Waals surface area contributed by atoms with Crippen LogP contribution in [0.3, 0.4) is 0 Å². The van der Waals surface area contributed by atoms with E-state index in [0.29, 0.717) is 16.9 Å². The molecule has 0 aliphatic heterocycles. The molecule has 130 valence electrons. The molecule has 5 heteroatoms. The Bertz CT molecular complexity index is 1090. The van der Waals surface area contributed by atoms with Crippen LogP contribution in [0.1, 0.15) is 22.0 Å². The average molecular weight is 361 g/mol. The molecular formula is C21H19N3OS. The Morgan fingerprint density at radius 1 is 1.08 bits per heavy atom. The topological polar surface area (TPSA) is 57.8 Å². The summed E-state index contributed by atoms with van der Waals surface area (Å²) >= 11 is 1.72. The third-order valence-corrected chi connectivity index (χ3v) is 5.56. The molecule has 0 saturated carbocycles. The fourth-order valence-electron chi connectivity index (χ4n) is 3.12. The third kappa shape index (κ3) is 3.39. The number of fused-ring (bicyclic) bond motifs is 1. The molecule has 1 unspecified atom stereocenters. The van der Waals surface area contributed by atoms with Gasteiger partial charge in [-0.05, 0) is 48.1 Å². The van der Waals surface area contributed by atoms with Crippen molar-refractivity contribution in [2.75, 3.05) is 5.32 Å². The molecule has 4 aromatic rings. The lowest BCUT2D eigenvalue weighted by molar-refractivity contribution is 0.773. The fraction of sp³-hybridized carbons (Fsp3) is 0.143. The van der Waals surface area contributed by atoms with E-state index < -0.39 is 0 Å². The van der Waals surface area contributed by atoms with E-state index in [9.17, 15) is 4.79 Å². The first kappa shape index (κ1) is 16.5. The summed E-state index contributed by atoms with van der Waals surface area (Å²) in [4.78, 5) is 21.1. The number of nitrogens with zero attached hydrogens (tertiary/aromatic N) is 1. The summed E-state index contributed by atoms with van der Waals surface area (Å²) in [6.45, 7) is 2.11. The first-order valence-electron chi connectivity index (χ1n) is 8.54. The van der Waals surface area contributed by atoms with Gasteiger partial charge in [-0.25, -0.2) is 4.98 Å². The van der Waals surface area contributed by atoms with Crippen LogP contribution in [0.2, 0.25) is 0 Å². The molecule has 4 nitrogen and oxygen atoms in total. The first-order valence-corrected chi connectivity index (χ1v) is 9.42. The molecule has 2 aromatic heterocycles. The lowest BCUT2D eigenvalue weighted by Gasteiger charge is -2.19. The number of aryl methyl sites for hydroxylation is 1. The van der Waals surface area contributed by atoms with Gasteiger partial charge in [0.2, 0.25) is 5.95 Å². The monoisotopic (exact) mass is 361 g/mol. The van der Waals surface area contributed by atoms with E-state index in [1.165, 1.54) is 16.0 Å². The highest BCUT2D eigenvalue weighted by Crippen LogP contribution is 2.29. The summed E-state index contributed by atoms with van der Waals surface area (Å²) in [7, 11) is 0. The second-order valence-corrected chi connectivity index (χ2v) is 7.23. The predicted octanol–water partition coefficient (Wildman–Crippen LogP) is 4.69. The number of thiophene rings is 1. The van der Waals surface area contributed by atoms with Gasteiger partial charge < -0.3 is 5.32 Å². The number of hydrogen-bond acceptors (Lipinski definition) is 4. The number of H-pyrrole nitrogens is 1. The van der Waals surface area contributed by atoms with Crippen molar-refractivity contribution in [2.24, 2.45) is 0 Å². The van der Waals surface area contributed by atoms with Crippen LogP contribution in [0.5, 0.6) is 0 Å². The number of nitrogens with one attached hydrogen (secondary N) is 2. The molecule has 2 heterocycles. The van der Waals surface area contributed by atoms with Crippen molar-refractivity contribution in [3.63, 3.8) is 0 Å². The van der Waals surface area contributed by atoms with Crippen LogP contribution in [0.25, 0.3) is 10.9 Å². The molecule has 0 amide bonds. The molecule has 0 aliphatic carbocycles. The standard InChI is InChI=1S/C21H19N3OS/c1-14-11-12-26-19(14)18(13-15-7-3-2-4-8-15)23-21-22-17-10-6-5-9-16(17)20(25)24-21/h2-12,18H,13H2,1H3,(H2,22,23,24,25). The SMILES string of the molecule is Cc1ccsc1C(Cc1ccccc1)Nc1nc2ccccc2c(=O)[nH]1. The van der Waals surface area contributed by atoms with Crippen LogP contribution in [-0.4, -0.2) is 9.97 Å². The van der Waals surface area contributed by atoms with Crippen LogP contribution < -0.4 is 10.9 Å². The van der Waals surface area contributed by atoms with Gasteiger partial charge in [0, 0.05) is 4.88 Å². The number of anilines is 1. The summed E-state index contributed by atoms with van der Waals surface area (Å²) < 4.78 is 0. The van der Waals surface area contributed by atoms with Crippen molar-refractivity contribution in [1.29, 1.82) is 0 Å². The van der Waals surface area contributed by atoms with Crippen molar-refractivity contribution >= 4 is 28.2 Å². The molecule has 1 atom stereocenters. The molecule has 0 aliphatic rings. The minimum atomic E-state index is -0.125. The maximum absolute atomic E-state index is 12.4. The van der Waals surface area contributed by atoms with Crippen LogP contribution in [-0.2, 0) is 6.42 Å². The van der Waals surface area contributed by atoms with Gasteiger partial charge in [-0.15, -0.1) is 11.3 Å². The Labute approximate surface area is 155 Å². The van der Waals surface area contributed by atoms with Gasteiger partial charge in [-0.2, -0.15) is 0 Å². The Balaban J connectivity index is 1.71. The molecule has 0 fully saturated rings. The van der Waals surface area contributed by atoms with Crippen molar-refractivity contribution in [2.45, 2.75) is 19.4 Å². The third-order valence-electron chi connectivity index (χ3n) is 4.42. The Hall–Kier alpha value is -2.92. The lowest BCUT2D eigenvalue weighted by atomic mass is 10.0. The number of aromatic amines is 1. The van der Waals surface area contributed by atoms with E-state index in [4.69, 9.17) is 0 Å².